The molecule has 3 heterocycles. The van der Waals surface area contributed by atoms with E-state index < -0.39 is 0 Å². The number of nitrogens with zero attached hydrogens (tertiary/aromatic N) is 4. The van der Waals surface area contributed by atoms with Crippen molar-refractivity contribution < 1.29 is 9.53 Å². The van der Waals surface area contributed by atoms with E-state index in [9.17, 15) is 4.79 Å². The average Bonchev–Trinajstić information content (AvgIpc) is 3.19. The molecule has 1 aromatic carbocycles. The smallest absolute Gasteiger partial charge is 0.227 e. The van der Waals surface area contributed by atoms with Crippen molar-refractivity contribution in [2.45, 2.75) is 6.42 Å². The van der Waals surface area contributed by atoms with Gasteiger partial charge in [0.2, 0.25) is 5.91 Å². The number of rotatable bonds is 4. The molecular weight excluding hydrogens is 376 g/mol. The van der Waals surface area contributed by atoms with E-state index in [1.165, 1.54) is 0 Å². The summed E-state index contributed by atoms with van der Waals surface area (Å²) in [6.07, 6.45) is 5.82. The molecule has 6 nitrogen and oxygen atoms in total. The van der Waals surface area contributed by atoms with Crippen LogP contribution in [0.1, 0.15) is 6.42 Å². The second kappa shape index (κ2) is 7.64. The van der Waals surface area contributed by atoms with Crippen molar-refractivity contribution in [2.24, 2.45) is 5.92 Å². The lowest BCUT2D eigenvalue weighted by atomic mass is 10.1. The van der Waals surface area contributed by atoms with Crippen LogP contribution in [-0.4, -0.2) is 48.0 Å². The minimum absolute atomic E-state index is 0.0614. The third kappa shape index (κ3) is 3.60. The van der Waals surface area contributed by atoms with Crippen molar-refractivity contribution in [3.8, 4) is 11.5 Å². The Balaban J connectivity index is 1.49. The quantitative estimate of drug-likeness (QED) is 0.667. The summed E-state index contributed by atoms with van der Waals surface area (Å²) in [4.78, 5) is 24.5. The van der Waals surface area contributed by atoms with Crippen molar-refractivity contribution in [3.05, 3.63) is 53.9 Å². The number of amides is 1. The van der Waals surface area contributed by atoms with Gasteiger partial charge in [-0.05, 0) is 36.8 Å². The number of fused-ring (bicyclic) bond motifs is 1. The fraction of sp³-hybridized carbons (Fsp3) is 0.286. The third-order valence-electron chi connectivity index (χ3n) is 4.98. The molecule has 0 unspecified atom stereocenters. The maximum atomic E-state index is 12.2. The van der Waals surface area contributed by atoms with Gasteiger partial charge < -0.3 is 14.5 Å². The molecule has 1 atom stereocenters. The van der Waals surface area contributed by atoms with Crippen molar-refractivity contribution in [3.63, 3.8) is 0 Å². The summed E-state index contributed by atoms with van der Waals surface area (Å²) in [5.41, 5.74) is 1.75. The molecule has 1 aliphatic rings. The molecule has 2 aromatic heterocycles. The van der Waals surface area contributed by atoms with Gasteiger partial charge in [0.25, 0.3) is 0 Å². The monoisotopic (exact) mass is 396 g/mol. The van der Waals surface area contributed by atoms with Gasteiger partial charge in [-0.1, -0.05) is 11.6 Å². The molecule has 28 heavy (non-hydrogen) atoms. The fourth-order valence-corrected chi connectivity index (χ4v) is 3.72. The number of aromatic nitrogens is 2. The molecule has 0 bridgehead atoms. The summed E-state index contributed by atoms with van der Waals surface area (Å²) in [7, 11) is 3.62. The predicted molar refractivity (Wildman–Crippen MR) is 110 cm³/mol. The second-order valence-corrected chi connectivity index (χ2v) is 7.49. The highest BCUT2D eigenvalue weighted by Gasteiger charge is 2.29. The van der Waals surface area contributed by atoms with Crippen LogP contribution in [0.3, 0.4) is 0 Å². The molecule has 1 saturated heterocycles. The standard InChI is InChI=1S/C21H21ClN4O2/c1-25(2)21(27)14-8-10-26(13-14)15-3-5-16(6-4-15)28-19-7-9-24-20-17(19)11-23-12-18(20)22/h3-7,9,11-12,14H,8,10,13H2,1-2H3/t14-/m1/s1. The van der Waals surface area contributed by atoms with Crippen LogP contribution in [0.15, 0.2) is 48.9 Å². The molecule has 1 amide bonds. The first-order valence-electron chi connectivity index (χ1n) is 9.15. The lowest BCUT2D eigenvalue weighted by molar-refractivity contribution is -0.132. The highest BCUT2D eigenvalue weighted by Crippen LogP contribution is 2.32. The number of halogens is 1. The Morgan fingerprint density at radius 1 is 1.21 bits per heavy atom. The topological polar surface area (TPSA) is 58.6 Å². The first kappa shape index (κ1) is 18.5. The number of anilines is 1. The van der Waals surface area contributed by atoms with Crippen LogP contribution in [-0.2, 0) is 4.79 Å². The van der Waals surface area contributed by atoms with E-state index in [1.54, 1.807) is 29.6 Å². The molecule has 1 aliphatic heterocycles. The number of hydrogen-bond acceptors (Lipinski definition) is 5. The van der Waals surface area contributed by atoms with Crippen LogP contribution >= 0.6 is 11.6 Å². The highest BCUT2D eigenvalue weighted by atomic mass is 35.5. The van der Waals surface area contributed by atoms with Gasteiger partial charge in [-0.25, -0.2) is 0 Å². The zero-order chi connectivity index (χ0) is 19.7. The van der Waals surface area contributed by atoms with E-state index in [0.717, 1.165) is 36.3 Å². The molecule has 3 aromatic rings. The lowest BCUT2D eigenvalue weighted by Gasteiger charge is -2.20. The maximum Gasteiger partial charge on any atom is 0.227 e. The number of hydrogen-bond donors (Lipinski definition) is 0. The van der Waals surface area contributed by atoms with Gasteiger partial charge in [-0.15, -0.1) is 0 Å². The van der Waals surface area contributed by atoms with Gasteiger partial charge in [0, 0.05) is 51.5 Å². The van der Waals surface area contributed by atoms with Crippen LogP contribution in [0.2, 0.25) is 5.02 Å². The summed E-state index contributed by atoms with van der Waals surface area (Å²) in [5.74, 6) is 1.63. The Morgan fingerprint density at radius 2 is 2.00 bits per heavy atom. The summed E-state index contributed by atoms with van der Waals surface area (Å²) < 4.78 is 6.04. The van der Waals surface area contributed by atoms with Crippen molar-refractivity contribution in [1.29, 1.82) is 0 Å². The van der Waals surface area contributed by atoms with Gasteiger partial charge in [0.15, 0.2) is 0 Å². The molecule has 0 spiro atoms. The lowest BCUT2D eigenvalue weighted by Crippen LogP contribution is -2.31. The van der Waals surface area contributed by atoms with E-state index in [4.69, 9.17) is 16.3 Å². The van der Waals surface area contributed by atoms with Gasteiger partial charge in [0.1, 0.15) is 11.5 Å². The van der Waals surface area contributed by atoms with Crippen molar-refractivity contribution in [2.75, 3.05) is 32.1 Å². The number of pyridine rings is 2. The Hall–Kier alpha value is -2.86. The molecular formula is C21H21ClN4O2. The number of benzene rings is 1. The zero-order valence-electron chi connectivity index (χ0n) is 15.8. The summed E-state index contributed by atoms with van der Waals surface area (Å²) >= 11 is 6.17. The average molecular weight is 397 g/mol. The minimum Gasteiger partial charge on any atom is -0.457 e. The van der Waals surface area contributed by atoms with Crippen molar-refractivity contribution >= 4 is 34.1 Å². The Labute approximate surface area is 168 Å². The largest absolute Gasteiger partial charge is 0.457 e. The van der Waals surface area contributed by atoms with E-state index in [1.807, 2.05) is 38.4 Å². The summed E-state index contributed by atoms with van der Waals surface area (Å²) in [6.45, 7) is 1.62. The predicted octanol–water partition coefficient (Wildman–Crippen LogP) is 3.99. The minimum atomic E-state index is 0.0614. The molecule has 0 saturated carbocycles. The first-order chi connectivity index (χ1) is 13.5. The van der Waals surface area contributed by atoms with Crippen LogP contribution in [0.25, 0.3) is 10.9 Å². The number of ether oxygens (including phenoxy) is 1. The molecule has 144 valence electrons. The zero-order valence-corrected chi connectivity index (χ0v) is 16.6. The van der Waals surface area contributed by atoms with E-state index >= 15 is 0 Å². The van der Waals surface area contributed by atoms with Crippen LogP contribution in [0.4, 0.5) is 5.69 Å². The Morgan fingerprint density at radius 3 is 2.75 bits per heavy atom. The number of carbonyl (C=O) groups is 1. The Bertz CT molecular complexity index is 1010. The van der Waals surface area contributed by atoms with Crippen LogP contribution < -0.4 is 9.64 Å². The fourth-order valence-electron chi connectivity index (χ4n) is 3.51. The molecule has 0 radical (unpaired) electrons. The summed E-state index contributed by atoms with van der Waals surface area (Å²) in [5, 5.41) is 1.26. The summed E-state index contributed by atoms with van der Waals surface area (Å²) in [6, 6.07) is 9.70. The van der Waals surface area contributed by atoms with E-state index in [2.05, 4.69) is 14.9 Å². The number of carbonyl (C=O) groups excluding carboxylic acids is 1. The van der Waals surface area contributed by atoms with Gasteiger partial charge in [-0.3, -0.25) is 14.8 Å². The second-order valence-electron chi connectivity index (χ2n) is 7.09. The Kier molecular flexibility index (Phi) is 5.05. The van der Waals surface area contributed by atoms with E-state index in [0.29, 0.717) is 16.3 Å². The van der Waals surface area contributed by atoms with Gasteiger partial charge in [0.05, 0.1) is 21.8 Å². The van der Waals surface area contributed by atoms with Gasteiger partial charge >= 0.3 is 0 Å². The van der Waals surface area contributed by atoms with Crippen LogP contribution in [0, 0.1) is 5.92 Å². The molecule has 0 aliphatic carbocycles. The highest BCUT2D eigenvalue weighted by molar-refractivity contribution is 6.35. The normalized spacial score (nSPS) is 16.4. The molecule has 4 rings (SSSR count). The van der Waals surface area contributed by atoms with Crippen molar-refractivity contribution in [1.82, 2.24) is 14.9 Å². The molecule has 7 heteroatoms. The first-order valence-corrected chi connectivity index (χ1v) is 9.53. The van der Waals surface area contributed by atoms with E-state index in [-0.39, 0.29) is 11.8 Å². The third-order valence-corrected chi connectivity index (χ3v) is 5.25. The van der Waals surface area contributed by atoms with Gasteiger partial charge in [-0.2, -0.15) is 0 Å². The van der Waals surface area contributed by atoms with Crippen LogP contribution in [0.5, 0.6) is 11.5 Å². The maximum absolute atomic E-state index is 12.2. The molecule has 0 N–H and O–H groups in total. The molecule has 1 fully saturated rings. The SMILES string of the molecule is CN(C)C(=O)[C@@H]1CCN(c2ccc(Oc3ccnc4c(Cl)cncc34)cc2)C1.